The number of allylic oxidation sites excluding steroid dienone is 1. The van der Waals surface area contributed by atoms with Gasteiger partial charge in [0.1, 0.15) is 11.5 Å². The first-order chi connectivity index (χ1) is 9.22. The summed E-state index contributed by atoms with van der Waals surface area (Å²) in [5, 5.41) is 10.9. The van der Waals surface area contributed by atoms with E-state index in [1.165, 1.54) is 17.5 Å². The van der Waals surface area contributed by atoms with Crippen LogP contribution in [0.2, 0.25) is 0 Å². The average Bonchev–Trinajstić information content (AvgIpc) is 3.10. The van der Waals surface area contributed by atoms with Crippen molar-refractivity contribution >= 4 is 17.6 Å². The molecule has 0 radical (unpaired) electrons. The number of benzene rings is 1. The van der Waals surface area contributed by atoms with E-state index in [-0.39, 0.29) is 5.82 Å². The Morgan fingerprint density at radius 2 is 2.37 bits per heavy atom. The van der Waals surface area contributed by atoms with Crippen LogP contribution >= 0.6 is 11.5 Å². The van der Waals surface area contributed by atoms with Crippen LogP contribution < -0.4 is 4.12 Å². The van der Waals surface area contributed by atoms with Crippen LogP contribution in [0.4, 0.5) is 4.39 Å². The fourth-order valence-corrected chi connectivity index (χ4v) is 3.42. The molecular formula is C14H11FN2OS. The third-order valence-electron chi connectivity index (χ3n) is 3.90. The molecule has 0 amide bonds. The SMILES string of the molecule is [O-][n+]1sc(F)nc1Cc1cccc2c1C1CC1C=C2. The fraction of sp³-hybridized carbons (Fsp3) is 0.286. The number of nitrogens with zero attached hydrogens (tertiary/aromatic N) is 2. The number of halogens is 1. The third-order valence-corrected chi connectivity index (χ3v) is 4.52. The molecule has 0 N–H and O–H groups in total. The average molecular weight is 274 g/mol. The minimum absolute atomic E-state index is 0.252. The zero-order valence-electron chi connectivity index (χ0n) is 10.0. The van der Waals surface area contributed by atoms with Crippen molar-refractivity contribution in [3.8, 4) is 0 Å². The standard InChI is InChI=1S/C14H11FN2OS/c15-14-16-12(17(18)19-14)7-10-3-1-2-8-4-5-9-6-11(9)13(8)10/h1-5,9,11H,6-7H2. The second-order valence-corrected chi connectivity index (χ2v) is 5.94. The van der Waals surface area contributed by atoms with Crippen LogP contribution in [-0.2, 0) is 6.42 Å². The van der Waals surface area contributed by atoms with Gasteiger partial charge in [-0.1, -0.05) is 30.4 Å². The van der Waals surface area contributed by atoms with Crippen molar-refractivity contribution in [3.63, 3.8) is 0 Å². The van der Waals surface area contributed by atoms with E-state index in [0.29, 0.717) is 33.9 Å². The maximum atomic E-state index is 13.0. The Hall–Kier alpha value is -1.75. The Labute approximate surface area is 113 Å². The lowest BCUT2D eigenvalue weighted by Gasteiger charge is -2.14. The molecule has 2 aromatic rings. The van der Waals surface area contributed by atoms with Gasteiger partial charge in [0.05, 0.1) is 6.42 Å². The van der Waals surface area contributed by atoms with Crippen molar-refractivity contribution in [2.75, 3.05) is 0 Å². The summed E-state index contributed by atoms with van der Waals surface area (Å²) in [4.78, 5) is 3.68. The van der Waals surface area contributed by atoms with Crippen molar-refractivity contribution in [1.82, 2.24) is 4.98 Å². The summed E-state index contributed by atoms with van der Waals surface area (Å²) in [5.41, 5.74) is 3.65. The molecule has 5 heteroatoms. The van der Waals surface area contributed by atoms with Crippen molar-refractivity contribution in [2.45, 2.75) is 18.8 Å². The van der Waals surface area contributed by atoms with Crippen LogP contribution in [0.15, 0.2) is 24.3 Å². The van der Waals surface area contributed by atoms with Crippen molar-refractivity contribution < 1.29 is 8.51 Å². The lowest BCUT2D eigenvalue weighted by molar-refractivity contribution is -0.542. The zero-order valence-corrected chi connectivity index (χ0v) is 10.9. The van der Waals surface area contributed by atoms with Crippen molar-refractivity contribution in [1.29, 1.82) is 0 Å². The maximum absolute atomic E-state index is 13.0. The fourth-order valence-electron chi connectivity index (χ4n) is 2.93. The van der Waals surface area contributed by atoms with Crippen molar-refractivity contribution in [2.24, 2.45) is 5.92 Å². The van der Waals surface area contributed by atoms with Gasteiger partial charge in [-0.05, 0) is 34.9 Å². The summed E-state index contributed by atoms with van der Waals surface area (Å²) in [7, 11) is 0. The second-order valence-electron chi connectivity index (χ2n) is 5.09. The van der Waals surface area contributed by atoms with E-state index in [2.05, 4.69) is 23.2 Å². The van der Waals surface area contributed by atoms with E-state index in [1.807, 2.05) is 12.1 Å². The van der Waals surface area contributed by atoms with Crippen LogP contribution in [-0.4, -0.2) is 4.98 Å². The topological polar surface area (TPSA) is 39.8 Å². The normalized spacial score (nSPS) is 23.0. The molecule has 1 saturated carbocycles. The predicted molar refractivity (Wildman–Crippen MR) is 70.2 cm³/mol. The zero-order chi connectivity index (χ0) is 13.0. The van der Waals surface area contributed by atoms with Gasteiger partial charge in [0.2, 0.25) is 0 Å². The summed E-state index contributed by atoms with van der Waals surface area (Å²) >= 11 is 0.506. The Kier molecular flexibility index (Phi) is 2.26. The predicted octanol–water partition coefficient (Wildman–Crippen LogP) is 2.64. The molecule has 3 nitrogen and oxygen atoms in total. The van der Waals surface area contributed by atoms with Gasteiger partial charge in [-0.25, -0.2) is 0 Å². The van der Waals surface area contributed by atoms with Crippen LogP contribution in [0.1, 0.15) is 34.9 Å². The Morgan fingerprint density at radius 3 is 3.16 bits per heavy atom. The molecule has 2 unspecified atom stereocenters. The highest BCUT2D eigenvalue weighted by Gasteiger charge is 2.41. The highest BCUT2D eigenvalue weighted by Crippen LogP contribution is 2.53. The molecule has 1 heterocycles. The second kappa shape index (κ2) is 3.87. The van der Waals surface area contributed by atoms with Gasteiger partial charge in [0, 0.05) is 4.98 Å². The summed E-state index contributed by atoms with van der Waals surface area (Å²) in [6.45, 7) is 0. The van der Waals surface area contributed by atoms with Crippen LogP contribution in [0, 0.1) is 16.4 Å². The molecule has 1 aromatic heterocycles. The minimum Gasteiger partial charge on any atom is -0.700 e. The van der Waals surface area contributed by atoms with Crippen LogP contribution in [0.5, 0.6) is 0 Å². The van der Waals surface area contributed by atoms with Gasteiger partial charge in [-0.2, -0.15) is 4.12 Å². The molecule has 1 fully saturated rings. The minimum atomic E-state index is -0.668. The third kappa shape index (κ3) is 1.76. The number of aromatic nitrogens is 2. The summed E-state index contributed by atoms with van der Waals surface area (Å²) < 4.78 is 13.6. The largest absolute Gasteiger partial charge is 0.700 e. The Balaban J connectivity index is 1.76. The number of hydrogen-bond acceptors (Lipinski definition) is 3. The maximum Gasteiger partial charge on any atom is 0.416 e. The highest BCUT2D eigenvalue weighted by atomic mass is 32.1. The molecule has 2 aliphatic carbocycles. The highest BCUT2D eigenvalue weighted by molar-refractivity contribution is 6.99. The van der Waals surface area contributed by atoms with E-state index in [9.17, 15) is 9.60 Å². The van der Waals surface area contributed by atoms with E-state index in [0.717, 1.165) is 5.56 Å². The van der Waals surface area contributed by atoms with E-state index < -0.39 is 5.26 Å². The van der Waals surface area contributed by atoms with E-state index >= 15 is 0 Å². The molecule has 4 rings (SSSR count). The number of fused-ring (bicyclic) bond motifs is 3. The van der Waals surface area contributed by atoms with Gasteiger partial charge < -0.3 is 5.21 Å². The molecule has 1 aromatic carbocycles. The van der Waals surface area contributed by atoms with Gasteiger partial charge in [0.15, 0.2) is 0 Å². The monoisotopic (exact) mass is 274 g/mol. The van der Waals surface area contributed by atoms with Gasteiger partial charge in [-0.3, -0.25) is 0 Å². The molecule has 2 atom stereocenters. The van der Waals surface area contributed by atoms with Crippen LogP contribution in [0.3, 0.4) is 0 Å². The first-order valence-electron chi connectivity index (χ1n) is 6.27. The Bertz CT molecular complexity index is 695. The number of hydrogen-bond donors (Lipinski definition) is 0. The smallest absolute Gasteiger partial charge is 0.416 e. The van der Waals surface area contributed by atoms with Gasteiger partial charge in [0.25, 0.3) is 0 Å². The van der Waals surface area contributed by atoms with Crippen molar-refractivity contribution in [3.05, 3.63) is 57.3 Å². The summed E-state index contributed by atoms with van der Waals surface area (Å²) in [6.07, 6.45) is 6.00. The number of rotatable bonds is 2. The lowest BCUT2D eigenvalue weighted by Crippen LogP contribution is -2.26. The van der Waals surface area contributed by atoms with E-state index in [4.69, 9.17) is 0 Å². The lowest BCUT2D eigenvalue weighted by atomic mass is 9.91. The van der Waals surface area contributed by atoms with Gasteiger partial charge >= 0.3 is 11.1 Å². The molecule has 0 spiro atoms. The summed E-state index contributed by atoms with van der Waals surface area (Å²) in [6, 6.07) is 6.10. The molecule has 19 heavy (non-hydrogen) atoms. The first kappa shape index (κ1) is 11.1. The Morgan fingerprint density at radius 1 is 1.47 bits per heavy atom. The molecule has 0 saturated heterocycles. The quantitative estimate of drug-likeness (QED) is 0.624. The van der Waals surface area contributed by atoms with Crippen LogP contribution in [0.25, 0.3) is 6.08 Å². The molecular weight excluding hydrogens is 263 g/mol. The molecule has 0 bridgehead atoms. The van der Waals surface area contributed by atoms with Gasteiger partial charge in [-0.15, -0.1) is 4.39 Å². The summed E-state index contributed by atoms with van der Waals surface area (Å²) in [5.74, 6) is 1.49. The van der Waals surface area contributed by atoms with E-state index in [1.54, 1.807) is 0 Å². The first-order valence-corrected chi connectivity index (χ1v) is 7.05. The molecule has 96 valence electrons. The molecule has 0 aliphatic heterocycles. The molecule has 2 aliphatic rings.